The predicted octanol–water partition coefficient (Wildman–Crippen LogP) is 4.92. The molecule has 0 atom stereocenters. The van der Waals surface area contributed by atoms with Crippen LogP contribution in [-0.2, 0) is 13.0 Å². The van der Waals surface area contributed by atoms with Crippen molar-refractivity contribution in [2.24, 2.45) is 0 Å². The summed E-state index contributed by atoms with van der Waals surface area (Å²) >= 11 is 0. The second kappa shape index (κ2) is 8.97. The zero-order valence-corrected chi connectivity index (χ0v) is 17.4. The lowest BCUT2D eigenvalue weighted by Crippen LogP contribution is -2.05. The van der Waals surface area contributed by atoms with Crippen molar-refractivity contribution in [2.75, 3.05) is 5.32 Å². The summed E-state index contributed by atoms with van der Waals surface area (Å²) in [5, 5.41) is 3.23. The molecule has 0 radical (unpaired) electrons. The Labute approximate surface area is 184 Å². The van der Waals surface area contributed by atoms with E-state index in [-0.39, 0.29) is 5.82 Å². The topological polar surface area (TPSA) is 73.5 Å². The number of nitrogens with zero attached hydrogens (tertiary/aromatic N) is 6. The number of anilines is 2. The summed E-state index contributed by atoms with van der Waals surface area (Å²) < 4.78 is 17.7. The number of imidazole rings is 2. The van der Waals surface area contributed by atoms with Crippen LogP contribution in [0.25, 0.3) is 16.9 Å². The molecular formula is C24H22FN7. The fourth-order valence-corrected chi connectivity index (χ4v) is 3.62. The Balaban J connectivity index is 1.46. The molecule has 8 heteroatoms. The number of para-hydroxylation sites is 1. The fourth-order valence-electron chi connectivity index (χ4n) is 3.62. The smallest absolute Gasteiger partial charge is 0.170 e. The van der Waals surface area contributed by atoms with Gasteiger partial charge in [0.1, 0.15) is 18.0 Å². The Morgan fingerprint density at radius 3 is 2.66 bits per heavy atom. The third-order valence-electron chi connectivity index (χ3n) is 5.19. The van der Waals surface area contributed by atoms with Crippen molar-refractivity contribution >= 4 is 22.7 Å². The van der Waals surface area contributed by atoms with Gasteiger partial charge in [0.15, 0.2) is 17.0 Å². The van der Waals surface area contributed by atoms with E-state index in [0.29, 0.717) is 17.0 Å². The molecule has 0 saturated heterocycles. The van der Waals surface area contributed by atoms with E-state index in [1.165, 1.54) is 12.1 Å². The summed E-state index contributed by atoms with van der Waals surface area (Å²) in [4.78, 5) is 18.2. The fraction of sp³-hybridized carbons (Fsp3) is 0.167. The van der Waals surface area contributed by atoms with Gasteiger partial charge >= 0.3 is 0 Å². The number of halogens is 1. The van der Waals surface area contributed by atoms with Gasteiger partial charge in [0.05, 0.1) is 6.33 Å². The van der Waals surface area contributed by atoms with E-state index < -0.39 is 0 Å². The summed E-state index contributed by atoms with van der Waals surface area (Å²) in [6.45, 7) is 0.901. The standard InChI is InChI=1S/C24H22FN7/c25-18-7-6-8-19(15-18)28-23-22-24(32(17-27-22)20-9-2-1-3-10-20)30-21(29-23)11-4-5-13-31-14-12-26-16-31/h1-3,6-10,12,14-17H,4-5,11,13H2,(H,28,29,30). The molecule has 0 amide bonds. The van der Waals surface area contributed by atoms with Crippen LogP contribution in [0.2, 0.25) is 0 Å². The number of aromatic nitrogens is 6. The minimum Gasteiger partial charge on any atom is -0.338 e. The molecule has 0 aliphatic rings. The normalized spacial score (nSPS) is 11.2. The van der Waals surface area contributed by atoms with Crippen molar-refractivity contribution in [3.8, 4) is 5.69 Å². The molecule has 3 aromatic heterocycles. The van der Waals surface area contributed by atoms with Crippen molar-refractivity contribution in [1.29, 1.82) is 0 Å². The summed E-state index contributed by atoms with van der Waals surface area (Å²) in [6.07, 6.45) is 9.96. The van der Waals surface area contributed by atoms with Crippen LogP contribution in [0.1, 0.15) is 18.7 Å². The van der Waals surface area contributed by atoms with Gasteiger partial charge in [0, 0.05) is 36.7 Å². The molecule has 0 aliphatic heterocycles. The molecule has 0 saturated carbocycles. The first-order valence-corrected chi connectivity index (χ1v) is 10.5. The number of hydrogen-bond acceptors (Lipinski definition) is 5. The molecule has 3 heterocycles. The average molecular weight is 427 g/mol. The number of unbranched alkanes of at least 4 members (excludes halogenated alkanes) is 1. The van der Waals surface area contributed by atoms with Crippen LogP contribution < -0.4 is 5.32 Å². The van der Waals surface area contributed by atoms with Gasteiger partial charge in [0.2, 0.25) is 0 Å². The Bertz CT molecular complexity index is 1310. The zero-order valence-electron chi connectivity index (χ0n) is 17.4. The highest BCUT2D eigenvalue weighted by atomic mass is 19.1. The van der Waals surface area contributed by atoms with E-state index in [0.717, 1.165) is 43.0 Å². The molecule has 0 unspecified atom stereocenters. The molecule has 1 N–H and O–H groups in total. The Hall–Kier alpha value is -4.07. The van der Waals surface area contributed by atoms with Gasteiger partial charge in [-0.3, -0.25) is 4.57 Å². The second-order valence-corrected chi connectivity index (χ2v) is 7.50. The number of benzene rings is 2. The largest absolute Gasteiger partial charge is 0.338 e. The Kier molecular flexibility index (Phi) is 5.57. The molecule has 0 bridgehead atoms. The minimum absolute atomic E-state index is 0.310. The molecule has 5 aromatic rings. The van der Waals surface area contributed by atoms with E-state index in [2.05, 4.69) is 19.9 Å². The SMILES string of the molecule is Fc1cccc(Nc2nc(CCCCn3ccnc3)nc3c2ncn3-c2ccccc2)c1. The van der Waals surface area contributed by atoms with Crippen molar-refractivity contribution in [1.82, 2.24) is 29.1 Å². The highest BCUT2D eigenvalue weighted by molar-refractivity contribution is 5.86. The van der Waals surface area contributed by atoms with Crippen LogP contribution in [-0.4, -0.2) is 29.1 Å². The number of hydrogen-bond donors (Lipinski definition) is 1. The van der Waals surface area contributed by atoms with Gasteiger partial charge < -0.3 is 9.88 Å². The van der Waals surface area contributed by atoms with Crippen LogP contribution >= 0.6 is 0 Å². The monoisotopic (exact) mass is 427 g/mol. The molecule has 0 spiro atoms. The lowest BCUT2D eigenvalue weighted by molar-refractivity contribution is 0.601. The quantitative estimate of drug-likeness (QED) is 0.356. The average Bonchev–Trinajstić information content (AvgIpc) is 3.48. The summed E-state index contributed by atoms with van der Waals surface area (Å²) in [7, 11) is 0. The summed E-state index contributed by atoms with van der Waals surface area (Å²) in [6, 6.07) is 16.3. The first-order chi connectivity index (χ1) is 15.8. The van der Waals surface area contributed by atoms with E-state index in [4.69, 9.17) is 9.97 Å². The Morgan fingerprint density at radius 2 is 1.84 bits per heavy atom. The molecule has 7 nitrogen and oxygen atoms in total. The van der Waals surface area contributed by atoms with E-state index in [1.807, 2.05) is 47.4 Å². The third kappa shape index (κ3) is 4.34. The molecule has 0 fully saturated rings. The molecule has 5 rings (SSSR count). The van der Waals surface area contributed by atoms with Crippen LogP contribution in [0, 0.1) is 5.82 Å². The molecule has 32 heavy (non-hydrogen) atoms. The van der Waals surface area contributed by atoms with Gasteiger partial charge in [-0.15, -0.1) is 0 Å². The molecule has 160 valence electrons. The van der Waals surface area contributed by atoms with Crippen LogP contribution in [0.5, 0.6) is 0 Å². The maximum Gasteiger partial charge on any atom is 0.170 e. The van der Waals surface area contributed by atoms with Crippen LogP contribution in [0.15, 0.2) is 79.6 Å². The second-order valence-electron chi connectivity index (χ2n) is 7.50. The van der Waals surface area contributed by atoms with Gasteiger partial charge in [-0.1, -0.05) is 24.3 Å². The van der Waals surface area contributed by atoms with Gasteiger partial charge in [-0.25, -0.2) is 24.3 Å². The van der Waals surface area contributed by atoms with Crippen molar-refractivity contribution in [3.63, 3.8) is 0 Å². The lowest BCUT2D eigenvalue weighted by atomic mass is 10.2. The predicted molar refractivity (Wildman–Crippen MR) is 122 cm³/mol. The van der Waals surface area contributed by atoms with E-state index >= 15 is 0 Å². The Morgan fingerprint density at radius 1 is 0.938 bits per heavy atom. The van der Waals surface area contributed by atoms with Crippen LogP contribution in [0.4, 0.5) is 15.9 Å². The minimum atomic E-state index is -0.310. The highest BCUT2D eigenvalue weighted by Gasteiger charge is 2.15. The van der Waals surface area contributed by atoms with Crippen molar-refractivity contribution in [3.05, 3.63) is 91.3 Å². The maximum absolute atomic E-state index is 13.7. The lowest BCUT2D eigenvalue weighted by Gasteiger charge is -2.10. The molecule has 0 aliphatic carbocycles. The maximum atomic E-state index is 13.7. The van der Waals surface area contributed by atoms with E-state index in [9.17, 15) is 4.39 Å². The first-order valence-electron chi connectivity index (χ1n) is 10.5. The van der Waals surface area contributed by atoms with Crippen molar-refractivity contribution in [2.45, 2.75) is 25.8 Å². The van der Waals surface area contributed by atoms with Crippen molar-refractivity contribution < 1.29 is 4.39 Å². The van der Waals surface area contributed by atoms with Gasteiger partial charge in [0.25, 0.3) is 0 Å². The first kappa shape index (κ1) is 19.9. The third-order valence-corrected chi connectivity index (χ3v) is 5.19. The van der Waals surface area contributed by atoms with Crippen LogP contribution in [0.3, 0.4) is 0 Å². The molecule has 2 aromatic carbocycles. The highest BCUT2D eigenvalue weighted by Crippen LogP contribution is 2.25. The summed E-state index contributed by atoms with van der Waals surface area (Å²) in [5.74, 6) is 0.981. The number of nitrogens with one attached hydrogen (secondary N) is 1. The zero-order chi connectivity index (χ0) is 21.8. The number of aryl methyl sites for hydroxylation is 2. The number of rotatable bonds is 8. The van der Waals surface area contributed by atoms with E-state index in [1.54, 1.807) is 24.7 Å². The molecular weight excluding hydrogens is 405 g/mol. The van der Waals surface area contributed by atoms with Gasteiger partial charge in [-0.05, 0) is 43.2 Å². The van der Waals surface area contributed by atoms with Gasteiger partial charge in [-0.2, -0.15) is 0 Å². The summed E-state index contributed by atoms with van der Waals surface area (Å²) in [5.41, 5.74) is 2.94. The number of fused-ring (bicyclic) bond motifs is 1.